The third-order valence-electron chi connectivity index (χ3n) is 2.98. The van der Waals surface area contributed by atoms with Crippen molar-refractivity contribution >= 4 is 0 Å². The molecule has 0 aliphatic rings. The summed E-state index contributed by atoms with van der Waals surface area (Å²) in [5.74, 6) is 0. The zero-order valence-electron chi connectivity index (χ0n) is 11.2. The molecule has 21 heavy (non-hydrogen) atoms. The average molecular weight is 304 g/mol. The Balaban J connectivity index is 2.69. The number of aliphatic hydroxyl groups is 7. The molecule has 0 aromatic carbocycles. The van der Waals surface area contributed by atoms with Crippen molar-refractivity contribution in [1.29, 1.82) is 0 Å². The van der Waals surface area contributed by atoms with Crippen molar-refractivity contribution < 1.29 is 35.7 Å². The third-order valence-corrected chi connectivity index (χ3v) is 2.98. The van der Waals surface area contributed by atoms with Crippen LogP contribution < -0.4 is 0 Å². The van der Waals surface area contributed by atoms with Gasteiger partial charge in [0.25, 0.3) is 0 Å². The number of hydrogen-bond donors (Lipinski definition) is 7. The first kappa shape index (κ1) is 17.9. The van der Waals surface area contributed by atoms with E-state index in [1.54, 1.807) is 0 Å². The van der Waals surface area contributed by atoms with E-state index < -0.39 is 43.7 Å². The molecule has 120 valence electrons. The number of hydrogen-bond acceptors (Lipinski definition) is 9. The van der Waals surface area contributed by atoms with E-state index in [4.69, 9.17) is 10.2 Å². The molecule has 0 radical (unpaired) electrons. The van der Waals surface area contributed by atoms with Crippen molar-refractivity contribution in [3.05, 3.63) is 23.8 Å². The fraction of sp³-hybridized carbons (Fsp3) is 0.667. The summed E-state index contributed by atoms with van der Waals surface area (Å²) in [7, 11) is 0. The molecular weight excluding hydrogens is 284 g/mol. The highest BCUT2D eigenvalue weighted by Gasteiger charge is 2.26. The molecule has 0 unspecified atom stereocenters. The van der Waals surface area contributed by atoms with Gasteiger partial charge in [0.05, 0.1) is 36.9 Å². The van der Waals surface area contributed by atoms with Crippen LogP contribution in [0.5, 0.6) is 0 Å². The molecule has 0 aliphatic heterocycles. The highest BCUT2D eigenvalue weighted by atomic mass is 16.4. The average Bonchev–Trinajstić information content (AvgIpc) is 2.52. The van der Waals surface area contributed by atoms with Crippen molar-refractivity contribution in [1.82, 2.24) is 9.97 Å². The minimum absolute atomic E-state index is 0.0176. The van der Waals surface area contributed by atoms with Gasteiger partial charge in [-0.1, -0.05) is 0 Å². The molecule has 7 N–H and O–H groups in total. The highest BCUT2D eigenvalue weighted by molar-refractivity contribution is 5.08. The Morgan fingerprint density at radius 2 is 1.43 bits per heavy atom. The molecule has 0 fully saturated rings. The maximum atomic E-state index is 9.74. The predicted octanol–water partition coefficient (Wildman–Crippen LogP) is -3.52. The van der Waals surface area contributed by atoms with Crippen LogP contribution in [-0.2, 0) is 6.42 Å². The second-order valence-electron chi connectivity index (χ2n) is 4.64. The molecule has 1 aromatic rings. The summed E-state index contributed by atoms with van der Waals surface area (Å²) in [6.07, 6.45) is -4.83. The van der Waals surface area contributed by atoms with E-state index in [-0.39, 0.29) is 12.1 Å². The van der Waals surface area contributed by atoms with Gasteiger partial charge in [-0.3, -0.25) is 9.97 Å². The standard InChI is InChI=1S/C12H20N2O7/c15-4-9(18)8(17)1-6-2-14-7(3-13-6)11(20)12(21)10(19)5-16/h2-3,8-12,15-21H,1,4-5H2/t8-,9+,10+,11+,12-/m0/s1. The van der Waals surface area contributed by atoms with Crippen LogP contribution in [0.1, 0.15) is 17.5 Å². The van der Waals surface area contributed by atoms with Crippen molar-refractivity contribution in [2.24, 2.45) is 0 Å². The lowest BCUT2D eigenvalue weighted by molar-refractivity contribution is -0.0790. The van der Waals surface area contributed by atoms with Crippen LogP contribution in [0.3, 0.4) is 0 Å². The molecular formula is C12H20N2O7. The van der Waals surface area contributed by atoms with Gasteiger partial charge in [-0.25, -0.2) is 0 Å². The maximum absolute atomic E-state index is 9.74. The fourth-order valence-corrected chi connectivity index (χ4v) is 1.59. The highest BCUT2D eigenvalue weighted by Crippen LogP contribution is 2.16. The lowest BCUT2D eigenvalue weighted by Crippen LogP contribution is -2.35. The van der Waals surface area contributed by atoms with Crippen LogP contribution in [0, 0.1) is 0 Å². The number of nitrogens with zero attached hydrogens (tertiary/aromatic N) is 2. The summed E-state index contributed by atoms with van der Waals surface area (Å²) in [5.41, 5.74) is 0.291. The normalized spacial score (nSPS) is 18.8. The number of rotatable bonds is 8. The molecule has 0 saturated carbocycles. The summed E-state index contributed by atoms with van der Waals surface area (Å²) in [6, 6.07) is 0. The molecule has 9 heteroatoms. The van der Waals surface area contributed by atoms with Crippen LogP contribution in [-0.4, -0.2) is 83.3 Å². The summed E-state index contributed by atoms with van der Waals surface area (Å²) in [6.45, 7) is -1.30. The molecule has 9 nitrogen and oxygen atoms in total. The van der Waals surface area contributed by atoms with Gasteiger partial charge in [0.15, 0.2) is 0 Å². The van der Waals surface area contributed by atoms with Gasteiger partial charge in [0.1, 0.15) is 24.4 Å². The van der Waals surface area contributed by atoms with Gasteiger partial charge in [-0.2, -0.15) is 0 Å². The third kappa shape index (κ3) is 4.93. The van der Waals surface area contributed by atoms with Gasteiger partial charge in [0.2, 0.25) is 0 Å². The molecule has 0 spiro atoms. The Morgan fingerprint density at radius 3 is 1.90 bits per heavy atom. The lowest BCUT2D eigenvalue weighted by Gasteiger charge is -2.21. The van der Waals surface area contributed by atoms with Crippen LogP contribution in [0.2, 0.25) is 0 Å². The van der Waals surface area contributed by atoms with Crippen molar-refractivity contribution in [3.63, 3.8) is 0 Å². The van der Waals surface area contributed by atoms with Crippen molar-refractivity contribution in [3.8, 4) is 0 Å². The molecule has 0 bridgehead atoms. The van der Waals surface area contributed by atoms with Crippen molar-refractivity contribution in [2.75, 3.05) is 13.2 Å². The Hall–Kier alpha value is -1.20. The van der Waals surface area contributed by atoms with Crippen LogP contribution in [0.25, 0.3) is 0 Å². The number of aliphatic hydroxyl groups excluding tert-OH is 7. The summed E-state index contributed by atoms with van der Waals surface area (Å²) in [5, 5.41) is 64.6. The Kier molecular flexibility index (Phi) is 7.05. The van der Waals surface area contributed by atoms with E-state index in [9.17, 15) is 25.5 Å². The van der Waals surface area contributed by atoms with E-state index >= 15 is 0 Å². The first-order valence-corrected chi connectivity index (χ1v) is 6.33. The second kappa shape index (κ2) is 8.29. The predicted molar refractivity (Wildman–Crippen MR) is 68.9 cm³/mol. The van der Waals surface area contributed by atoms with Crippen LogP contribution >= 0.6 is 0 Å². The van der Waals surface area contributed by atoms with Gasteiger partial charge in [-0.05, 0) is 0 Å². The topological polar surface area (TPSA) is 167 Å². The Morgan fingerprint density at radius 1 is 0.810 bits per heavy atom. The first-order valence-electron chi connectivity index (χ1n) is 6.33. The molecule has 0 saturated heterocycles. The van der Waals surface area contributed by atoms with Crippen LogP contribution in [0.4, 0.5) is 0 Å². The Bertz CT molecular complexity index is 417. The molecule has 0 aliphatic carbocycles. The first-order chi connectivity index (χ1) is 9.90. The van der Waals surface area contributed by atoms with Crippen molar-refractivity contribution in [2.45, 2.75) is 36.9 Å². The minimum Gasteiger partial charge on any atom is -0.394 e. The molecule has 1 aromatic heterocycles. The van der Waals surface area contributed by atoms with Gasteiger partial charge >= 0.3 is 0 Å². The van der Waals surface area contributed by atoms with E-state index in [2.05, 4.69) is 9.97 Å². The SMILES string of the molecule is OC[C@@H](O)[C@H](O)[C@H](O)c1cnc(C[C@H](O)[C@H](O)CO)cn1. The molecule has 5 atom stereocenters. The zero-order valence-corrected chi connectivity index (χ0v) is 11.2. The van der Waals surface area contributed by atoms with E-state index in [0.29, 0.717) is 5.69 Å². The lowest BCUT2D eigenvalue weighted by atomic mass is 10.1. The van der Waals surface area contributed by atoms with E-state index in [1.807, 2.05) is 0 Å². The monoisotopic (exact) mass is 304 g/mol. The largest absolute Gasteiger partial charge is 0.394 e. The smallest absolute Gasteiger partial charge is 0.126 e. The maximum Gasteiger partial charge on any atom is 0.126 e. The Labute approximate surface area is 120 Å². The van der Waals surface area contributed by atoms with Gasteiger partial charge in [0, 0.05) is 12.6 Å². The fourth-order valence-electron chi connectivity index (χ4n) is 1.59. The minimum atomic E-state index is -1.61. The quantitative estimate of drug-likeness (QED) is 0.257. The van der Waals surface area contributed by atoms with Gasteiger partial charge < -0.3 is 35.7 Å². The molecule has 0 amide bonds. The zero-order chi connectivity index (χ0) is 16.0. The van der Waals surface area contributed by atoms with E-state index in [0.717, 1.165) is 6.20 Å². The second-order valence-corrected chi connectivity index (χ2v) is 4.64. The van der Waals surface area contributed by atoms with Crippen LogP contribution in [0.15, 0.2) is 12.4 Å². The molecule has 1 heterocycles. The van der Waals surface area contributed by atoms with E-state index in [1.165, 1.54) is 6.20 Å². The summed E-state index contributed by atoms with van der Waals surface area (Å²) >= 11 is 0. The molecule has 1 rings (SSSR count). The summed E-state index contributed by atoms with van der Waals surface area (Å²) in [4.78, 5) is 7.73. The van der Waals surface area contributed by atoms with Gasteiger partial charge in [-0.15, -0.1) is 0 Å². The summed E-state index contributed by atoms with van der Waals surface area (Å²) < 4.78 is 0. The number of aromatic nitrogens is 2.